The van der Waals surface area contributed by atoms with Gasteiger partial charge < -0.3 is 18.9 Å². The molecule has 1 N–H and O–H groups in total. The third kappa shape index (κ3) is 39.9. The second-order valence-electron chi connectivity index (χ2n) is 15.7. The molecule has 0 aliphatic rings. The molecule has 0 saturated heterocycles. The summed E-state index contributed by atoms with van der Waals surface area (Å²) < 4.78 is 34.3. The first kappa shape index (κ1) is 52.2. The Hall–Kier alpha value is -1.77. The fourth-order valence-electron chi connectivity index (χ4n) is 5.79. The predicted molar refractivity (Wildman–Crippen MR) is 224 cm³/mol. The molecule has 9 nitrogen and oxygen atoms in total. The fourth-order valence-corrected chi connectivity index (χ4v) is 6.53. The van der Waals surface area contributed by atoms with Crippen LogP contribution in [0.1, 0.15) is 181 Å². The number of quaternary nitrogens is 1. The van der Waals surface area contributed by atoms with Crippen LogP contribution in [-0.4, -0.2) is 74.9 Å². The smallest absolute Gasteiger partial charge is 0.462 e. The minimum atomic E-state index is -4.38. The highest BCUT2D eigenvalue weighted by Gasteiger charge is 2.27. The van der Waals surface area contributed by atoms with Crippen LogP contribution in [0, 0.1) is 0 Å². The maximum atomic E-state index is 12.7. The summed E-state index contributed by atoms with van der Waals surface area (Å²) in [7, 11) is 1.46. The first-order valence-electron chi connectivity index (χ1n) is 21.7. The van der Waals surface area contributed by atoms with Crippen LogP contribution >= 0.6 is 7.82 Å². The van der Waals surface area contributed by atoms with Crippen molar-refractivity contribution in [2.24, 2.45) is 0 Å². The molecule has 0 aliphatic heterocycles. The van der Waals surface area contributed by atoms with Crippen molar-refractivity contribution in [3.05, 3.63) is 36.5 Å². The summed E-state index contributed by atoms with van der Waals surface area (Å²) in [5.74, 6) is -0.815. The van der Waals surface area contributed by atoms with E-state index in [4.69, 9.17) is 18.5 Å². The second-order valence-corrected chi connectivity index (χ2v) is 17.2. The highest BCUT2D eigenvalue weighted by molar-refractivity contribution is 7.47. The number of hydrogen-bond acceptors (Lipinski definition) is 7. The number of rotatable bonds is 39. The maximum absolute atomic E-state index is 12.7. The largest absolute Gasteiger partial charge is 0.472 e. The number of allylic oxidation sites excluding steroid dienone is 6. The number of phosphoric acid groups is 1. The number of carbonyl (C=O) groups is 2. The first-order chi connectivity index (χ1) is 26.0. The Morgan fingerprint density at radius 1 is 0.593 bits per heavy atom. The van der Waals surface area contributed by atoms with E-state index in [0.717, 1.165) is 70.6 Å². The molecule has 0 aromatic rings. The Labute approximate surface area is 331 Å². The number of ether oxygens (including phenoxy) is 2. The van der Waals surface area contributed by atoms with Crippen LogP contribution in [0.2, 0.25) is 0 Å². The Balaban J connectivity index is 4.38. The van der Waals surface area contributed by atoms with Crippen molar-refractivity contribution in [2.75, 3.05) is 47.5 Å². The van der Waals surface area contributed by atoms with E-state index >= 15 is 0 Å². The molecule has 0 spiro atoms. The van der Waals surface area contributed by atoms with Crippen LogP contribution in [0.3, 0.4) is 0 Å². The summed E-state index contributed by atoms with van der Waals surface area (Å²) >= 11 is 0. The molecular formula is C44H83NO8P+. The summed E-state index contributed by atoms with van der Waals surface area (Å²) in [4.78, 5) is 35.3. The average Bonchev–Trinajstić information content (AvgIpc) is 3.12. The van der Waals surface area contributed by atoms with Gasteiger partial charge in [0.25, 0.3) is 0 Å². The summed E-state index contributed by atoms with van der Waals surface area (Å²) in [5.41, 5.74) is 0. The molecular weight excluding hydrogens is 701 g/mol. The van der Waals surface area contributed by atoms with E-state index in [0.29, 0.717) is 17.4 Å². The average molecular weight is 785 g/mol. The number of phosphoric ester groups is 1. The van der Waals surface area contributed by atoms with E-state index in [1.165, 1.54) is 77.0 Å². The second kappa shape index (κ2) is 36.8. The van der Waals surface area contributed by atoms with Crippen LogP contribution in [-0.2, 0) is 32.7 Å². The molecule has 0 aliphatic carbocycles. The van der Waals surface area contributed by atoms with Gasteiger partial charge in [0.2, 0.25) is 0 Å². The van der Waals surface area contributed by atoms with Crippen LogP contribution in [0.4, 0.5) is 0 Å². The lowest BCUT2D eigenvalue weighted by atomic mass is 10.0. The van der Waals surface area contributed by atoms with Crippen LogP contribution in [0.5, 0.6) is 0 Å². The molecule has 0 amide bonds. The Kier molecular flexibility index (Phi) is 35.6. The fraction of sp³-hybridized carbons (Fsp3) is 0.818. The van der Waals surface area contributed by atoms with Crippen molar-refractivity contribution in [2.45, 2.75) is 187 Å². The number of esters is 2. The highest BCUT2D eigenvalue weighted by Crippen LogP contribution is 2.43. The Morgan fingerprint density at radius 2 is 1.06 bits per heavy atom. The molecule has 316 valence electrons. The predicted octanol–water partition coefficient (Wildman–Crippen LogP) is 12.1. The molecule has 1 unspecified atom stereocenters. The van der Waals surface area contributed by atoms with Crippen LogP contribution in [0.25, 0.3) is 0 Å². The third-order valence-corrected chi connectivity index (χ3v) is 10.2. The van der Waals surface area contributed by atoms with Gasteiger partial charge in [-0.3, -0.25) is 18.6 Å². The van der Waals surface area contributed by atoms with Gasteiger partial charge in [0, 0.05) is 12.8 Å². The lowest BCUT2D eigenvalue weighted by Crippen LogP contribution is -2.37. The van der Waals surface area contributed by atoms with Crippen LogP contribution < -0.4 is 0 Å². The molecule has 10 heteroatoms. The highest BCUT2D eigenvalue weighted by atomic mass is 31.2. The zero-order valence-electron chi connectivity index (χ0n) is 35.5. The standard InChI is InChI=1S/C44H82NO8P/c1-6-8-10-12-14-16-18-20-22-24-26-28-30-32-34-36-43(46)50-40-42(41-52-54(48,49)51-39-38-45(3,4)5)53-44(47)37-35-33-31-29-27-25-23-21-19-17-15-13-11-9-7-2/h9,11,15,17,21,23,42H,6-8,10,12-14,16,18-20,22,24-41H2,1-5H3/p+1/b11-9-,17-15-,23-21-/t42-/m1/s1. The lowest BCUT2D eigenvalue weighted by molar-refractivity contribution is -0.870. The van der Waals surface area contributed by atoms with Crippen molar-refractivity contribution >= 4 is 19.8 Å². The van der Waals surface area contributed by atoms with Crippen molar-refractivity contribution in [3.63, 3.8) is 0 Å². The molecule has 0 aromatic heterocycles. The zero-order valence-corrected chi connectivity index (χ0v) is 36.3. The quantitative estimate of drug-likeness (QED) is 0.0216. The molecule has 0 fully saturated rings. The van der Waals surface area contributed by atoms with E-state index < -0.39 is 26.5 Å². The van der Waals surface area contributed by atoms with Gasteiger partial charge in [-0.1, -0.05) is 159 Å². The minimum absolute atomic E-state index is 0.0286. The topological polar surface area (TPSA) is 108 Å². The first-order valence-corrected chi connectivity index (χ1v) is 23.2. The van der Waals surface area contributed by atoms with E-state index in [2.05, 4.69) is 50.3 Å². The summed E-state index contributed by atoms with van der Waals surface area (Å²) in [6.45, 7) is 4.29. The number of unbranched alkanes of at least 4 members (excludes halogenated alkanes) is 19. The maximum Gasteiger partial charge on any atom is 0.472 e. The van der Waals surface area contributed by atoms with Gasteiger partial charge in [0.1, 0.15) is 19.8 Å². The van der Waals surface area contributed by atoms with Crippen molar-refractivity contribution in [1.82, 2.24) is 0 Å². The van der Waals surface area contributed by atoms with Crippen molar-refractivity contribution in [3.8, 4) is 0 Å². The van der Waals surface area contributed by atoms with Gasteiger partial charge >= 0.3 is 19.8 Å². The Morgan fingerprint density at radius 3 is 1.57 bits per heavy atom. The van der Waals surface area contributed by atoms with Crippen molar-refractivity contribution < 1.29 is 42.1 Å². The molecule has 0 saturated carbocycles. The molecule has 0 aromatic carbocycles. The minimum Gasteiger partial charge on any atom is -0.462 e. The summed E-state index contributed by atoms with van der Waals surface area (Å²) in [6, 6.07) is 0. The summed E-state index contributed by atoms with van der Waals surface area (Å²) in [6.07, 6.45) is 40.4. The number of hydrogen-bond donors (Lipinski definition) is 1. The molecule has 0 bridgehead atoms. The van der Waals surface area contributed by atoms with E-state index in [1.807, 2.05) is 21.1 Å². The van der Waals surface area contributed by atoms with Gasteiger partial charge in [-0.25, -0.2) is 4.57 Å². The SMILES string of the molecule is CC/C=C\C/C=C\C/C=C\CCCCCCCC(=O)O[C@H](COC(=O)CCCCCCCCCCCCCCCCC)COP(=O)(O)OCC[N+](C)(C)C. The van der Waals surface area contributed by atoms with E-state index in [-0.39, 0.29) is 32.0 Å². The molecule has 0 rings (SSSR count). The molecule has 0 heterocycles. The summed E-state index contributed by atoms with van der Waals surface area (Å²) in [5, 5.41) is 0. The van der Waals surface area contributed by atoms with Gasteiger partial charge in [-0.15, -0.1) is 0 Å². The van der Waals surface area contributed by atoms with Crippen molar-refractivity contribution in [1.29, 1.82) is 0 Å². The number of nitrogens with zero attached hydrogens (tertiary/aromatic N) is 1. The molecule has 0 radical (unpaired) electrons. The zero-order chi connectivity index (χ0) is 40.0. The molecule has 54 heavy (non-hydrogen) atoms. The molecule has 2 atom stereocenters. The lowest BCUT2D eigenvalue weighted by Gasteiger charge is -2.24. The van der Waals surface area contributed by atoms with E-state index in [9.17, 15) is 19.0 Å². The van der Waals surface area contributed by atoms with Gasteiger partial charge in [0.05, 0.1) is 27.7 Å². The van der Waals surface area contributed by atoms with Gasteiger partial charge in [0.15, 0.2) is 6.10 Å². The monoisotopic (exact) mass is 785 g/mol. The van der Waals surface area contributed by atoms with Gasteiger partial charge in [-0.05, 0) is 44.9 Å². The number of likely N-dealkylation sites (N-methyl/N-ethyl adjacent to an activating group) is 1. The van der Waals surface area contributed by atoms with Crippen LogP contribution in [0.15, 0.2) is 36.5 Å². The van der Waals surface area contributed by atoms with E-state index in [1.54, 1.807) is 0 Å². The Bertz CT molecular complexity index is 1020. The van der Waals surface area contributed by atoms with Gasteiger partial charge in [-0.2, -0.15) is 0 Å². The third-order valence-electron chi connectivity index (χ3n) is 9.18. The normalized spacial score (nSPS) is 14.0. The number of carbonyl (C=O) groups excluding carboxylic acids is 2.